The van der Waals surface area contributed by atoms with Gasteiger partial charge >= 0.3 is 0 Å². The number of likely N-dealkylation sites (tertiary alicyclic amines) is 1. The lowest BCUT2D eigenvalue weighted by molar-refractivity contribution is 0.262. The van der Waals surface area contributed by atoms with Crippen LogP contribution < -0.4 is 5.32 Å². The Balaban J connectivity index is 1.82. The van der Waals surface area contributed by atoms with Crippen LogP contribution in [-0.4, -0.2) is 40.7 Å². The molecule has 84 valence electrons. The Hall–Kier alpha value is -0.940. The van der Waals surface area contributed by atoms with E-state index < -0.39 is 0 Å². The predicted molar refractivity (Wildman–Crippen MR) is 56.4 cm³/mol. The number of hydrogen-bond acceptors (Lipinski definition) is 5. The number of nitrogens with zero attached hydrogens (tertiary/aromatic N) is 3. The summed E-state index contributed by atoms with van der Waals surface area (Å²) in [6.45, 7) is 8.00. The highest BCUT2D eigenvalue weighted by atomic mass is 16.5. The minimum atomic E-state index is 0.624. The molecule has 1 saturated heterocycles. The molecule has 1 fully saturated rings. The topological polar surface area (TPSA) is 54.2 Å². The van der Waals surface area contributed by atoms with E-state index in [2.05, 4.69) is 27.3 Å². The standard InChI is InChI=1S/C10H18N4O/c1-3-11-9-4-5-14(6-9)7-10-12-8(2)13-15-10/h9,11H,3-7H2,1-2H3. The molecule has 0 aromatic carbocycles. The third kappa shape index (κ3) is 2.76. The van der Waals surface area contributed by atoms with Crippen molar-refractivity contribution in [2.24, 2.45) is 0 Å². The zero-order valence-corrected chi connectivity index (χ0v) is 9.36. The molecule has 1 aromatic rings. The summed E-state index contributed by atoms with van der Waals surface area (Å²) in [6, 6.07) is 0.624. The maximum Gasteiger partial charge on any atom is 0.240 e. The van der Waals surface area contributed by atoms with Gasteiger partial charge in [0, 0.05) is 19.1 Å². The molecular weight excluding hydrogens is 192 g/mol. The van der Waals surface area contributed by atoms with Crippen molar-refractivity contribution in [1.82, 2.24) is 20.4 Å². The highest BCUT2D eigenvalue weighted by molar-refractivity contribution is 4.87. The van der Waals surface area contributed by atoms with Gasteiger partial charge in [-0.05, 0) is 19.9 Å². The fourth-order valence-electron chi connectivity index (χ4n) is 2.03. The SMILES string of the molecule is CCNC1CCN(Cc2nc(C)no2)C1. The number of aryl methyl sites for hydroxylation is 1. The van der Waals surface area contributed by atoms with E-state index in [0.717, 1.165) is 32.1 Å². The van der Waals surface area contributed by atoms with Gasteiger partial charge in [-0.2, -0.15) is 4.98 Å². The molecule has 1 aliphatic heterocycles. The zero-order chi connectivity index (χ0) is 10.7. The van der Waals surface area contributed by atoms with Gasteiger partial charge in [-0.3, -0.25) is 4.90 Å². The van der Waals surface area contributed by atoms with Gasteiger partial charge in [-0.15, -0.1) is 0 Å². The minimum absolute atomic E-state index is 0.624. The molecule has 0 spiro atoms. The summed E-state index contributed by atoms with van der Waals surface area (Å²) in [6.07, 6.45) is 1.21. The summed E-state index contributed by atoms with van der Waals surface area (Å²) in [5.74, 6) is 1.44. The average molecular weight is 210 g/mol. The Morgan fingerprint density at radius 2 is 2.47 bits per heavy atom. The van der Waals surface area contributed by atoms with Crippen molar-refractivity contribution >= 4 is 0 Å². The first kappa shape index (κ1) is 10.6. The van der Waals surface area contributed by atoms with E-state index in [0.29, 0.717) is 11.9 Å². The van der Waals surface area contributed by atoms with Gasteiger partial charge in [0.05, 0.1) is 6.54 Å². The molecular formula is C10H18N4O. The summed E-state index contributed by atoms with van der Waals surface area (Å²) >= 11 is 0. The maximum atomic E-state index is 5.10. The second kappa shape index (κ2) is 4.72. The van der Waals surface area contributed by atoms with E-state index in [1.165, 1.54) is 6.42 Å². The Morgan fingerprint density at radius 3 is 3.13 bits per heavy atom. The molecule has 2 heterocycles. The molecule has 1 aromatic heterocycles. The number of hydrogen-bond donors (Lipinski definition) is 1. The molecule has 1 atom stereocenters. The van der Waals surface area contributed by atoms with E-state index in [4.69, 9.17) is 4.52 Å². The van der Waals surface area contributed by atoms with Gasteiger partial charge in [-0.1, -0.05) is 12.1 Å². The molecule has 0 aliphatic carbocycles. The average Bonchev–Trinajstić information content (AvgIpc) is 2.78. The van der Waals surface area contributed by atoms with E-state index in [-0.39, 0.29) is 0 Å². The molecule has 1 unspecified atom stereocenters. The van der Waals surface area contributed by atoms with Crippen LogP contribution >= 0.6 is 0 Å². The zero-order valence-electron chi connectivity index (χ0n) is 9.36. The lowest BCUT2D eigenvalue weighted by Gasteiger charge is -2.13. The van der Waals surface area contributed by atoms with Crippen LogP contribution in [0.3, 0.4) is 0 Å². The first-order valence-electron chi connectivity index (χ1n) is 5.53. The fourth-order valence-corrected chi connectivity index (χ4v) is 2.03. The number of aromatic nitrogens is 2. The van der Waals surface area contributed by atoms with E-state index in [1.807, 2.05) is 6.92 Å². The van der Waals surface area contributed by atoms with Gasteiger partial charge in [0.2, 0.25) is 5.89 Å². The van der Waals surface area contributed by atoms with Crippen LogP contribution in [0.4, 0.5) is 0 Å². The molecule has 5 nitrogen and oxygen atoms in total. The quantitative estimate of drug-likeness (QED) is 0.787. The van der Waals surface area contributed by atoms with Crippen LogP contribution in [0.15, 0.2) is 4.52 Å². The lowest BCUT2D eigenvalue weighted by atomic mass is 10.3. The van der Waals surface area contributed by atoms with Crippen LogP contribution in [0, 0.1) is 6.92 Å². The molecule has 0 saturated carbocycles. The van der Waals surface area contributed by atoms with Crippen LogP contribution in [0.25, 0.3) is 0 Å². The fraction of sp³-hybridized carbons (Fsp3) is 0.800. The lowest BCUT2D eigenvalue weighted by Crippen LogP contribution is -2.32. The largest absolute Gasteiger partial charge is 0.338 e. The third-order valence-corrected chi connectivity index (χ3v) is 2.69. The molecule has 1 N–H and O–H groups in total. The Labute approximate surface area is 89.8 Å². The van der Waals surface area contributed by atoms with Gasteiger partial charge in [0.1, 0.15) is 0 Å². The van der Waals surface area contributed by atoms with E-state index >= 15 is 0 Å². The van der Waals surface area contributed by atoms with Crippen LogP contribution in [0.1, 0.15) is 25.1 Å². The number of nitrogens with one attached hydrogen (secondary N) is 1. The van der Waals surface area contributed by atoms with Crippen molar-refractivity contribution in [3.8, 4) is 0 Å². The third-order valence-electron chi connectivity index (χ3n) is 2.69. The van der Waals surface area contributed by atoms with Crippen LogP contribution in [0.2, 0.25) is 0 Å². The maximum absolute atomic E-state index is 5.10. The summed E-state index contributed by atoms with van der Waals surface area (Å²) < 4.78 is 5.10. The van der Waals surface area contributed by atoms with Gasteiger partial charge in [-0.25, -0.2) is 0 Å². The molecule has 2 rings (SSSR count). The first-order chi connectivity index (χ1) is 7.28. The van der Waals surface area contributed by atoms with E-state index in [9.17, 15) is 0 Å². The van der Waals surface area contributed by atoms with Crippen molar-refractivity contribution in [2.45, 2.75) is 32.9 Å². The summed E-state index contributed by atoms with van der Waals surface area (Å²) in [7, 11) is 0. The summed E-state index contributed by atoms with van der Waals surface area (Å²) in [4.78, 5) is 6.55. The Bertz CT molecular complexity index is 312. The molecule has 0 amide bonds. The normalized spacial score (nSPS) is 22.4. The Kier molecular flexibility index (Phi) is 3.33. The molecule has 5 heteroatoms. The van der Waals surface area contributed by atoms with Crippen molar-refractivity contribution in [3.63, 3.8) is 0 Å². The minimum Gasteiger partial charge on any atom is -0.338 e. The summed E-state index contributed by atoms with van der Waals surface area (Å²) in [5, 5.41) is 7.24. The van der Waals surface area contributed by atoms with Crippen LogP contribution in [-0.2, 0) is 6.54 Å². The highest BCUT2D eigenvalue weighted by Gasteiger charge is 2.22. The molecule has 15 heavy (non-hydrogen) atoms. The van der Waals surface area contributed by atoms with Crippen molar-refractivity contribution < 1.29 is 4.52 Å². The van der Waals surface area contributed by atoms with Crippen molar-refractivity contribution in [3.05, 3.63) is 11.7 Å². The Morgan fingerprint density at radius 1 is 1.60 bits per heavy atom. The molecule has 0 bridgehead atoms. The number of rotatable bonds is 4. The second-order valence-corrected chi connectivity index (χ2v) is 4.01. The van der Waals surface area contributed by atoms with E-state index in [1.54, 1.807) is 0 Å². The van der Waals surface area contributed by atoms with Gasteiger partial charge in [0.25, 0.3) is 0 Å². The van der Waals surface area contributed by atoms with Gasteiger partial charge < -0.3 is 9.84 Å². The van der Waals surface area contributed by atoms with Crippen molar-refractivity contribution in [1.29, 1.82) is 0 Å². The monoisotopic (exact) mass is 210 g/mol. The first-order valence-corrected chi connectivity index (χ1v) is 5.53. The predicted octanol–water partition coefficient (Wildman–Crippen LogP) is 0.562. The molecule has 1 aliphatic rings. The molecule has 0 radical (unpaired) electrons. The summed E-state index contributed by atoms with van der Waals surface area (Å²) in [5.41, 5.74) is 0. The highest BCUT2D eigenvalue weighted by Crippen LogP contribution is 2.12. The van der Waals surface area contributed by atoms with Gasteiger partial charge in [0.15, 0.2) is 5.82 Å². The van der Waals surface area contributed by atoms with Crippen LogP contribution in [0.5, 0.6) is 0 Å². The smallest absolute Gasteiger partial charge is 0.240 e. The second-order valence-electron chi connectivity index (χ2n) is 4.01. The number of likely N-dealkylation sites (N-methyl/N-ethyl adjacent to an activating group) is 1. The van der Waals surface area contributed by atoms with Crippen molar-refractivity contribution in [2.75, 3.05) is 19.6 Å².